The Kier molecular flexibility index (Phi) is 5.72. The van der Waals surface area contributed by atoms with E-state index >= 15 is 0 Å². The molecular formula is C9H20N2O. The molecule has 0 heterocycles. The molecule has 0 spiro atoms. The third-order valence-electron chi connectivity index (χ3n) is 1.96. The molecule has 0 aliphatic carbocycles. The normalized spacial score (nSPS) is 12.7. The van der Waals surface area contributed by atoms with Crippen molar-refractivity contribution in [3.63, 3.8) is 0 Å². The number of rotatable bonds is 5. The molecule has 0 aromatic carbocycles. The summed E-state index contributed by atoms with van der Waals surface area (Å²) in [5, 5.41) is 3.13. The molecule has 0 aliphatic heterocycles. The van der Waals surface area contributed by atoms with Crippen LogP contribution < -0.4 is 5.32 Å². The highest BCUT2D eigenvalue weighted by atomic mass is 16.2. The van der Waals surface area contributed by atoms with Crippen molar-refractivity contribution < 1.29 is 4.79 Å². The second-order valence-corrected chi connectivity index (χ2v) is 3.43. The zero-order chi connectivity index (χ0) is 9.56. The van der Waals surface area contributed by atoms with E-state index in [9.17, 15) is 4.79 Å². The summed E-state index contributed by atoms with van der Waals surface area (Å²) in [5.74, 6) is 0.790. The highest BCUT2D eigenvalue weighted by molar-refractivity contribution is 5.77. The predicted octanol–water partition coefficient (Wildman–Crippen LogP) is 0.710. The fourth-order valence-electron chi connectivity index (χ4n) is 0.728. The lowest BCUT2D eigenvalue weighted by Gasteiger charge is -2.13. The molecule has 3 heteroatoms. The summed E-state index contributed by atoms with van der Waals surface area (Å²) >= 11 is 0. The van der Waals surface area contributed by atoms with E-state index in [1.54, 1.807) is 19.0 Å². The van der Waals surface area contributed by atoms with Gasteiger partial charge < -0.3 is 10.2 Å². The maximum absolute atomic E-state index is 11.1. The van der Waals surface area contributed by atoms with Gasteiger partial charge in [0, 0.05) is 14.1 Å². The Labute approximate surface area is 75.1 Å². The van der Waals surface area contributed by atoms with Gasteiger partial charge in [-0.1, -0.05) is 20.3 Å². The van der Waals surface area contributed by atoms with Gasteiger partial charge in [0.1, 0.15) is 0 Å². The standard InChI is InChI=1S/C9H20N2O/c1-5-8(2)6-10-7-9(12)11(3)4/h8,10H,5-7H2,1-4H3/t8-/m1/s1. The number of nitrogens with one attached hydrogen (secondary N) is 1. The van der Waals surface area contributed by atoms with Crippen molar-refractivity contribution in [1.29, 1.82) is 0 Å². The van der Waals surface area contributed by atoms with E-state index in [0.717, 1.165) is 13.0 Å². The van der Waals surface area contributed by atoms with Crippen LogP contribution in [-0.2, 0) is 4.79 Å². The molecule has 0 bridgehead atoms. The number of hydrogen-bond acceptors (Lipinski definition) is 2. The van der Waals surface area contributed by atoms with E-state index in [1.165, 1.54) is 0 Å². The van der Waals surface area contributed by atoms with E-state index in [2.05, 4.69) is 19.2 Å². The molecule has 1 N–H and O–H groups in total. The molecular weight excluding hydrogens is 152 g/mol. The van der Waals surface area contributed by atoms with Crippen LogP contribution in [0.3, 0.4) is 0 Å². The topological polar surface area (TPSA) is 32.3 Å². The summed E-state index contributed by atoms with van der Waals surface area (Å²) in [6.45, 7) is 5.71. The van der Waals surface area contributed by atoms with Crippen LogP contribution >= 0.6 is 0 Å². The number of likely N-dealkylation sites (N-methyl/N-ethyl adjacent to an activating group) is 1. The van der Waals surface area contributed by atoms with E-state index in [0.29, 0.717) is 12.5 Å². The first kappa shape index (κ1) is 11.4. The average Bonchev–Trinajstić information content (AvgIpc) is 2.03. The van der Waals surface area contributed by atoms with Gasteiger partial charge in [0.05, 0.1) is 6.54 Å². The van der Waals surface area contributed by atoms with Crippen molar-refractivity contribution in [2.75, 3.05) is 27.2 Å². The van der Waals surface area contributed by atoms with Gasteiger partial charge in [-0.3, -0.25) is 4.79 Å². The van der Waals surface area contributed by atoms with Gasteiger partial charge in [-0.25, -0.2) is 0 Å². The number of amides is 1. The van der Waals surface area contributed by atoms with E-state index in [-0.39, 0.29) is 5.91 Å². The molecule has 72 valence electrons. The van der Waals surface area contributed by atoms with E-state index < -0.39 is 0 Å². The highest BCUT2D eigenvalue weighted by Crippen LogP contribution is 1.96. The summed E-state index contributed by atoms with van der Waals surface area (Å²) in [4.78, 5) is 12.7. The second kappa shape index (κ2) is 6.00. The molecule has 0 aromatic rings. The Balaban J connectivity index is 3.37. The molecule has 0 aromatic heterocycles. The molecule has 0 saturated carbocycles. The third kappa shape index (κ3) is 5.13. The SMILES string of the molecule is CC[C@@H](C)CNCC(=O)N(C)C. The van der Waals surface area contributed by atoms with Crippen molar-refractivity contribution in [3.8, 4) is 0 Å². The maximum atomic E-state index is 11.1. The van der Waals surface area contributed by atoms with Crippen LogP contribution in [0.4, 0.5) is 0 Å². The minimum Gasteiger partial charge on any atom is -0.348 e. The van der Waals surface area contributed by atoms with Gasteiger partial charge in [-0.15, -0.1) is 0 Å². The van der Waals surface area contributed by atoms with Gasteiger partial charge in [0.2, 0.25) is 5.91 Å². The molecule has 0 aliphatic rings. The number of carbonyl (C=O) groups excluding carboxylic acids is 1. The van der Waals surface area contributed by atoms with Crippen molar-refractivity contribution in [1.82, 2.24) is 10.2 Å². The van der Waals surface area contributed by atoms with Crippen molar-refractivity contribution in [3.05, 3.63) is 0 Å². The number of hydrogen-bond donors (Lipinski definition) is 1. The fourth-order valence-corrected chi connectivity index (χ4v) is 0.728. The highest BCUT2D eigenvalue weighted by Gasteiger charge is 2.03. The Morgan fingerprint density at radius 3 is 2.50 bits per heavy atom. The fraction of sp³-hybridized carbons (Fsp3) is 0.889. The van der Waals surface area contributed by atoms with Gasteiger partial charge in [0.15, 0.2) is 0 Å². The Morgan fingerprint density at radius 1 is 1.50 bits per heavy atom. The molecule has 0 radical (unpaired) electrons. The van der Waals surface area contributed by atoms with Crippen LogP contribution in [0, 0.1) is 5.92 Å². The van der Waals surface area contributed by atoms with Crippen LogP contribution in [0.5, 0.6) is 0 Å². The monoisotopic (exact) mass is 172 g/mol. The second-order valence-electron chi connectivity index (χ2n) is 3.43. The van der Waals surface area contributed by atoms with Crippen LogP contribution in [0.1, 0.15) is 20.3 Å². The Hall–Kier alpha value is -0.570. The van der Waals surface area contributed by atoms with Gasteiger partial charge in [0.25, 0.3) is 0 Å². The average molecular weight is 172 g/mol. The largest absolute Gasteiger partial charge is 0.348 e. The molecule has 1 atom stereocenters. The zero-order valence-electron chi connectivity index (χ0n) is 8.55. The molecule has 1 amide bonds. The van der Waals surface area contributed by atoms with Crippen LogP contribution in [0.25, 0.3) is 0 Å². The van der Waals surface area contributed by atoms with Gasteiger partial charge in [-0.2, -0.15) is 0 Å². The first-order chi connectivity index (χ1) is 5.57. The molecule has 0 saturated heterocycles. The van der Waals surface area contributed by atoms with Crippen molar-refractivity contribution >= 4 is 5.91 Å². The lowest BCUT2D eigenvalue weighted by atomic mass is 10.1. The lowest BCUT2D eigenvalue weighted by molar-refractivity contribution is -0.127. The van der Waals surface area contributed by atoms with Crippen molar-refractivity contribution in [2.45, 2.75) is 20.3 Å². The smallest absolute Gasteiger partial charge is 0.236 e. The van der Waals surface area contributed by atoms with Gasteiger partial charge >= 0.3 is 0 Å². The minimum absolute atomic E-state index is 0.137. The Bertz CT molecular complexity index is 134. The third-order valence-corrected chi connectivity index (χ3v) is 1.96. The number of nitrogens with zero attached hydrogens (tertiary/aromatic N) is 1. The summed E-state index contributed by atoms with van der Waals surface area (Å²) in [6, 6.07) is 0. The van der Waals surface area contributed by atoms with Crippen molar-refractivity contribution in [2.24, 2.45) is 5.92 Å². The summed E-state index contributed by atoms with van der Waals surface area (Å²) in [6.07, 6.45) is 1.16. The minimum atomic E-state index is 0.137. The summed E-state index contributed by atoms with van der Waals surface area (Å²) in [5.41, 5.74) is 0. The Morgan fingerprint density at radius 2 is 2.08 bits per heavy atom. The molecule has 12 heavy (non-hydrogen) atoms. The quantitative estimate of drug-likeness (QED) is 0.662. The molecule has 3 nitrogen and oxygen atoms in total. The van der Waals surface area contributed by atoms with Gasteiger partial charge in [-0.05, 0) is 12.5 Å². The van der Waals surface area contributed by atoms with Crippen LogP contribution in [0.2, 0.25) is 0 Å². The zero-order valence-corrected chi connectivity index (χ0v) is 8.55. The van der Waals surface area contributed by atoms with E-state index in [1.807, 2.05) is 0 Å². The molecule has 0 fully saturated rings. The summed E-state index contributed by atoms with van der Waals surface area (Å²) < 4.78 is 0. The van der Waals surface area contributed by atoms with Crippen LogP contribution in [-0.4, -0.2) is 38.0 Å². The molecule has 0 rings (SSSR count). The number of carbonyl (C=O) groups is 1. The first-order valence-electron chi connectivity index (χ1n) is 4.48. The first-order valence-corrected chi connectivity index (χ1v) is 4.48. The molecule has 0 unspecified atom stereocenters. The van der Waals surface area contributed by atoms with E-state index in [4.69, 9.17) is 0 Å². The maximum Gasteiger partial charge on any atom is 0.236 e. The van der Waals surface area contributed by atoms with Crippen LogP contribution in [0.15, 0.2) is 0 Å². The summed E-state index contributed by atoms with van der Waals surface area (Å²) in [7, 11) is 3.54. The lowest BCUT2D eigenvalue weighted by Crippen LogP contribution is -2.34. The predicted molar refractivity (Wildman–Crippen MR) is 51.0 cm³/mol.